The molecule has 0 spiro atoms. The van der Waals surface area contributed by atoms with Crippen molar-refractivity contribution in [3.8, 4) is 0 Å². The summed E-state index contributed by atoms with van der Waals surface area (Å²) in [4.78, 5) is 19.1. The van der Waals surface area contributed by atoms with Gasteiger partial charge in [0.15, 0.2) is 0 Å². The van der Waals surface area contributed by atoms with Crippen LogP contribution in [0.4, 0.5) is 13.2 Å². The normalized spacial score (nSPS) is 20.8. The van der Waals surface area contributed by atoms with Crippen LogP contribution in [0.2, 0.25) is 0 Å². The highest BCUT2D eigenvalue weighted by atomic mass is 19.4. The Morgan fingerprint density at radius 2 is 1.67 bits per heavy atom. The molecule has 2 heterocycles. The molecule has 2 aliphatic rings. The van der Waals surface area contributed by atoms with Crippen LogP contribution in [0.1, 0.15) is 24.0 Å². The maximum absolute atomic E-state index is 13.1. The summed E-state index contributed by atoms with van der Waals surface area (Å²) >= 11 is 0. The van der Waals surface area contributed by atoms with Gasteiger partial charge < -0.3 is 14.7 Å². The van der Waals surface area contributed by atoms with Crippen molar-refractivity contribution in [3.05, 3.63) is 35.4 Å². The van der Waals surface area contributed by atoms with Crippen molar-refractivity contribution in [1.82, 2.24) is 14.7 Å². The fourth-order valence-corrected chi connectivity index (χ4v) is 3.99. The van der Waals surface area contributed by atoms with E-state index in [0.29, 0.717) is 19.0 Å². The highest BCUT2D eigenvalue weighted by Gasteiger charge is 2.34. The Balaban J connectivity index is 1.49. The van der Waals surface area contributed by atoms with Crippen molar-refractivity contribution in [1.29, 1.82) is 0 Å². The number of piperazine rings is 1. The third kappa shape index (κ3) is 5.45. The maximum Gasteiger partial charge on any atom is 0.416 e. The van der Waals surface area contributed by atoms with Crippen molar-refractivity contribution in [2.75, 3.05) is 52.9 Å². The second-order valence-electron chi connectivity index (χ2n) is 7.76. The smallest absolute Gasteiger partial charge is 0.342 e. The molecule has 0 atom stereocenters. The van der Waals surface area contributed by atoms with Gasteiger partial charge in [-0.05, 0) is 37.4 Å². The Labute approximate surface area is 158 Å². The van der Waals surface area contributed by atoms with Crippen molar-refractivity contribution in [2.24, 2.45) is 5.92 Å². The zero-order chi connectivity index (χ0) is 19.4. The summed E-state index contributed by atoms with van der Waals surface area (Å²) in [5, 5.41) is 0. The molecule has 4 nitrogen and oxygen atoms in total. The molecular weight excluding hydrogens is 355 g/mol. The molecule has 0 unspecified atom stereocenters. The van der Waals surface area contributed by atoms with E-state index < -0.39 is 11.7 Å². The maximum atomic E-state index is 13.1. The Bertz CT molecular complexity index is 634. The van der Waals surface area contributed by atoms with E-state index in [1.165, 1.54) is 12.1 Å². The highest BCUT2D eigenvalue weighted by molar-refractivity contribution is 5.79. The number of carbonyl (C=O) groups is 1. The minimum absolute atomic E-state index is 0.0644. The first-order valence-electron chi connectivity index (χ1n) is 9.66. The average Bonchev–Trinajstić information content (AvgIpc) is 2.64. The molecule has 1 aromatic rings. The van der Waals surface area contributed by atoms with Gasteiger partial charge in [-0.15, -0.1) is 0 Å². The molecule has 7 heteroatoms. The SMILES string of the molecule is CN1CCN(CC2CCN(C(=O)Cc3ccccc3C(F)(F)F)CC2)CC1. The van der Waals surface area contributed by atoms with Gasteiger partial charge in [0.05, 0.1) is 12.0 Å². The van der Waals surface area contributed by atoms with Crippen LogP contribution in [0, 0.1) is 5.92 Å². The quantitative estimate of drug-likeness (QED) is 0.800. The van der Waals surface area contributed by atoms with E-state index >= 15 is 0 Å². The van der Waals surface area contributed by atoms with E-state index in [2.05, 4.69) is 16.8 Å². The van der Waals surface area contributed by atoms with Gasteiger partial charge in [-0.2, -0.15) is 13.2 Å². The molecule has 1 amide bonds. The lowest BCUT2D eigenvalue weighted by molar-refractivity contribution is -0.138. The second-order valence-corrected chi connectivity index (χ2v) is 7.76. The minimum atomic E-state index is -4.42. The van der Waals surface area contributed by atoms with Crippen LogP contribution >= 0.6 is 0 Å². The molecule has 3 rings (SSSR count). The van der Waals surface area contributed by atoms with Crippen LogP contribution in [0.25, 0.3) is 0 Å². The van der Waals surface area contributed by atoms with Crippen molar-refractivity contribution < 1.29 is 18.0 Å². The summed E-state index contributed by atoms with van der Waals surface area (Å²) in [6.45, 7) is 6.71. The molecule has 0 aliphatic carbocycles. The molecule has 0 N–H and O–H groups in total. The van der Waals surface area contributed by atoms with Crippen molar-refractivity contribution >= 4 is 5.91 Å². The van der Waals surface area contributed by atoms with E-state index in [1.54, 1.807) is 11.0 Å². The Morgan fingerprint density at radius 3 is 2.30 bits per heavy atom. The molecule has 27 heavy (non-hydrogen) atoms. The van der Waals surface area contributed by atoms with Gasteiger partial charge in [-0.3, -0.25) is 4.79 Å². The van der Waals surface area contributed by atoms with Gasteiger partial charge in [0, 0.05) is 45.8 Å². The molecule has 0 saturated carbocycles. The molecule has 2 saturated heterocycles. The predicted octanol–water partition coefficient (Wildman–Crippen LogP) is 2.73. The number of piperidine rings is 1. The first kappa shape index (κ1) is 20.1. The van der Waals surface area contributed by atoms with Crippen LogP contribution in [0.15, 0.2) is 24.3 Å². The molecule has 2 fully saturated rings. The predicted molar refractivity (Wildman–Crippen MR) is 98.4 cm³/mol. The molecular formula is C20H28F3N3O. The lowest BCUT2D eigenvalue weighted by Crippen LogP contribution is -2.48. The van der Waals surface area contributed by atoms with Crippen molar-refractivity contribution in [2.45, 2.75) is 25.4 Å². The van der Waals surface area contributed by atoms with Gasteiger partial charge in [-0.25, -0.2) is 0 Å². The van der Waals surface area contributed by atoms with E-state index in [4.69, 9.17) is 0 Å². The molecule has 1 aromatic carbocycles. The summed E-state index contributed by atoms with van der Waals surface area (Å²) in [6.07, 6.45) is -2.75. The largest absolute Gasteiger partial charge is 0.416 e. The minimum Gasteiger partial charge on any atom is -0.342 e. The first-order valence-corrected chi connectivity index (χ1v) is 9.66. The fourth-order valence-electron chi connectivity index (χ4n) is 3.99. The molecule has 0 radical (unpaired) electrons. The number of benzene rings is 1. The van der Waals surface area contributed by atoms with Crippen LogP contribution in [0.5, 0.6) is 0 Å². The summed E-state index contributed by atoms with van der Waals surface area (Å²) < 4.78 is 39.3. The molecule has 0 aromatic heterocycles. The monoisotopic (exact) mass is 383 g/mol. The third-order valence-corrected chi connectivity index (χ3v) is 5.74. The first-order chi connectivity index (χ1) is 12.8. The fraction of sp³-hybridized carbons (Fsp3) is 0.650. The van der Waals surface area contributed by atoms with E-state index in [0.717, 1.165) is 51.6 Å². The second kappa shape index (κ2) is 8.61. The van der Waals surface area contributed by atoms with Gasteiger partial charge in [0.2, 0.25) is 5.91 Å². The summed E-state index contributed by atoms with van der Waals surface area (Å²) in [6, 6.07) is 5.37. The van der Waals surface area contributed by atoms with Crippen LogP contribution in [-0.4, -0.2) is 73.5 Å². The average molecular weight is 383 g/mol. The number of likely N-dealkylation sites (tertiary alicyclic amines) is 1. The zero-order valence-electron chi connectivity index (χ0n) is 15.8. The highest BCUT2D eigenvalue weighted by Crippen LogP contribution is 2.32. The summed E-state index contributed by atoms with van der Waals surface area (Å²) in [5.41, 5.74) is -0.641. The number of rotatable bonds is 4. The summed E-state index contributed by atoms with van der Waals surface area (Å²) in [7, 11) is 2.14. The van der Waals surface area contributed by atoms with Gasteiger partial charge in [0.25, 0.3) is 0 Å². The van der Waals surface area contributed by atoms with Gasteiger partial charge in [-0.1, -0.05) is 18.2 Å². The lowest BCUT2D eigenvalue weighted by Gasteiger charge is -2.38. The lowest BCUT2D eigenvalue weighted by atomic mass is 9.95. The number of amides is 1. The molecule has 2 aliphatic heterocycles. The van der Waals surface area contributed by atoms with E-state index in [1.807, 2.05) is 0 Å². The Hall–Kier alpha value is -1.60. The number of carbonyl (C=O) groups excluding carboxylic acids is 1. The molecule has 0 bridgehead atoms. The third-order valence-electron chi connectivity index (χ3n) is 5.74. The van der Waals surface area contributed by atoms with Crippen LogP contribution < -0.4 is 0 Å². The van der Waals surface area contributed by atoms with Crippen LogP contribution in [-0.2, 0) is 17.4 Å². The standard InChI is InChI=1S/C20H28F3N3O/c1-24-10-12-25(13-11-24)15-16-6-8-26(9-7-16)19(27)14-17-4-2-3-5-18(17)20(21,22)23/h2-5,16H,6-15H2,1H3. The summed E-state index contributed by atoms with van der Waals surface area (Å²) in [5.74, 6) is 0.365. The van der Waals surface area contributed by atoms with Crippen molar-refractivity contribution in [3.63, 3.8) is 0 Å². The number of alkyl halides is 3. The Kier molecular flexibility index (Phi) is 6.42. The number of nitrogens with zero attached hydrogens (tertiary/aromatic N) is 3. The van der Waals surface area contributed by atoms with Gasteiger partial charge in [0.1, 0.15) is 0 Å². The van der Waals surface area contributed by atoms with Gasteiger partial charge >= 0.3 is 6.18 Å². The number of hydrogen-bond acceptors (Lipinski definition) is 3. The van der Waals surface area contributed by atoms with E-state index in [-0.39, 0.29) is 17.9 Å². The Morgan fingerprint density at radius 1 is 1.04 bits per heavy atom. The number of halogens is 3. The zero-order valence-corrected chi connectivity index (χ0v) is 15.8. The topological polar surface area (TPSA) is 26.8 Å². The number of hydrogen-bond donors (Lipinski definition) is 0. The van der Waals surface area contributed by atoms with E-state index in [9.17, 15) is 18.0 Å². The van der Waals surface area contributed by atoms with Crippen LogP contribution in [0.3, 0.4) is 0 Å². The number of likely N-dealkylation sites (N-methyl/N-ethyl adjacent to an activating group) is 1. The molecule has 150 valence electrons.